The van der Waals surface area contributed by atoms with Crippen molar-refractivity contribution in [1.29, 1.82) is 0 Å². The number of benzene rings is 1. The molecule has 0 aromatic heterocycles. The molecule has 3 rings (SSSR count). The highest BCUT2D eigenvalue weighted by molar-refractivity contribution is 6.32. The minimum Gasteiger partial charge on any atom is -0.495 e. The molecule has 0 bridgehead atoms. The van der Waals surface area contributed by atoms with Crippen LogP contribution in [0.5, 0.6) is 5.75 Å². The van der Waals surface area contributed by atoms with Crippen LogP contribution in [0, 0.1) is 17.8 Å². The van der Waals surface area contributed by atoms with Crippen molar-refractivity contribution in [1.82, 2.24) is 4.90 Å². The van der Waals surface area contributed by atoms with Crippen molar-refractivity contribution >= 4 is 23.5 Å². The first-order chi connectivity index (χ1) is 10.5. The molecule has 1 aliphatic heterocycles. The van der Waals surface area contributed by atoms with Gasteiger partial charge in [0.15, 0.2) is 0 Å². The Hall–Kier alpha value is -1.75. The van der Waals surface area contributed by atoms with E-state index in [1.165, 1.54) is 7.11 Å². The first kappa shape index (κ1) is 15.2. The lowest BCUT2D eigenvalue weighted by atomic mass is 9.92. The van der Waals surface area contributed by atoms with E-state index in [9.17, 15) is 14.7 Å². The van der Waals surface area contributed by atoms with Gasteiger partial charge in [-0.3, -0.25) is 9.59 Å². The van der Waals surface area contributed by atoms with Crippen LogP contribution >= 0.6 is 11.6 Å². The maximum absolute atomic E-state index is 12.6. The largest absolute Gasteiger partial charge is 0.495 e. The third-order valence-electron chi connectivity index (χ3n) is 4.60. The molecule has 118 valence electrons. The molecule has 1 aromatic rings. The normalized spacial score (nSPS) is 24.4. The fourth-order valence-electron chi connectivity index (χ4n) is 3.23. The number of carboxylic acid groups (broad SMARTS) is 1. The summed E-state index contributed by atoms with van der Waals surface area (Å²) in [5.41, 5.74) is 0.474. The highest BCUT2D eigenvalue weighted by Gasteiger charge is 2.46. The highest BCUT2D eigenvalue weighted by Crippen LogP contribution is 2.44. The summed E-state index contributed by atoms with van der Waals surface area (Å²) in [4.78, 5) is 25.7. The Morgan fingerprint density at radius 1 is 1.32 bits per heavy atom. The second-order valence-corrected chi connectivity index (χ2v) is 6.41. The van der Waals surface area contributed by atoms with Crippen LogP contribution in [-0.2, 0) is 4.79 Å². The Bertz CT molecular complexity index is 614. The first-order valence-electron chi connectivity index (χ1n) is 7.37. The SMILES string of the molecule is COc1cc(C(=O)N2C[C@H](C(=O)O)[C@@H](C3CC3)C2)ccc1Cl. The van der Waals surface area contributed by atoms with Crippen LogP contribution in [0.4, 0.5) is 0 Å². The monoisotopic (exact) mass is 323 g/mol. The van der Waals surface area contributed by atoms with E-state index in [1.54, 1.807) is 23.1 Å². The van der Waals surface area contributed by atoms with E-state index in [4.69, 9.17) is 16.3 Å². The zero-order chi connectivity index (χ0) is 15.9. The summed E-state index contributed by atoms with van der Waals surface area (Å²) in [6.07, 6.45) is 2.15. The number of hydrogen-bond donors (Lipinski definition) is 1. The topological polar surface area (TPSA) is 66.8 Å². The lowest BCUT2D eigenvalue weighted by Gasteiger charge is -2.17. The third-order valence-corrected chi connectivity index (χ3v) is 4.91. The van der Waals surface area contributed by atoms with Gasteiger partial charge in [-0.05, 0) is 42.9 Å². The number of nitrogens with zero attached hydrogens (tertiary/aromatic N) is 1. The number of ether oxygens (including phenoxy) is 1. The van der Waals surface area contributed by atoms with Gasteiger partial charge in [-0.15, -0.1) is 0 Å². The predicted octanol–water partition coefficient (Wildman–Crippen LogP) is 2.53. The third kappa shape index (κ3) is 2.77. The number of rotatable bonds is 4. The van der Waals surface area contributed by atoms with Gasteiger partial charge in [0.25, 0.3) is 5.91 Å². The van der Waals surface area contributed by atoms with Gasteiger partial charge in [-0.2, -0.15) is 0 Å². The van der Waals surface area contributed by atoms with Crippen molar-refractivity contribution in [3.05, 3.63) is 28.8 Å². The number of methoxy groups -OCH3 is 1. The maximum atomic E-state index is 12.6. The van der Waals surface area contributed by atoms with Gasteiger partial charge in [0.1, 0.15) is 5.75 Å². The van der Waals surface area contributed by atoms with Crippen LogP contribution < -0.4 is 4.74 Å². The number of amides is 1. The van der Waals surface area contributed by atoms with Gasteiger partial charge in [-0.25, -0.2) is 0 Å². The van der Waals surface area contributed by atoms with Crippen molar-refractivity contribution in [2.24, 2.45) is 17.8 Å². The molecule has 1 amide bonds. The second-order valence-electron chi connectivity index (χ2n) is 6.01. The van der Waals surface area contributed by atoms with E-state index in [0.29, 0.717) is 28.8 Å². The zero-order valence-corrected chi connectivity index (χ0v) is 13.0. The summed E-state index contributed by atoms with van der Waals surface area (Å²) < 4.78 is 5.13. The molecule has 2 fully saturated rings. The van der Waals surface area contributed by atoms with Gasteiger partial charge < -0.3 is 14.7 Å². The van der Waals surface area contributed by atoms with Crippen molar-refractivity contribution < 1.29 is 19.4 Å². The lowest BCUT2D eigenvalue weighted by Crippen LogP contribution is -2.29. The summed E-state index contributed by atoms with van der Waals surface area (Å²) in [7, 11) is 1.49. The molecule has 1 saturated carbocycles. The Kier molecular flexibility index (Phi) is 4.00. The summed E-state index contributed by atoms with van der Waals surface area (Å²) in [6, 6.07) is 4.87. The standard InChI is InChI=1S/C16H18ClNO4/c1-22-14-6-10(4-5-13(14)17)15(19)18-7-11(9-2-3-9)12(8-18)16(20)21/h4-6,9,11-12H,2-3,7-8H2,1H3,(H,20,21)/t11-,12+/m1/s1. The minimum atomic E-state index is -0.805. The molecule has 1 aromatic carbocycles. The van der Waals surface area contributed by atoms with E-state index in [1.807, 2.05) is 0 Å². The lowest BCUT2D eigenvalue weighted by molar-refractivity contribution is -0.142. The van der Waals surface area contributed by atoms with Crippen LogP contribution in [0.1, 0.15) is 23.2 Å². The molecule has 0 unspecified atom stereocenters. The zero-order valence-electron chi connectivity index (χ0n) is 12.3. The molecule has 6 heteroatoms. The van der Waals surface area contributed by atoms with Gasteiger partial charge in [0.05, 0.1) is 18.1 Å². The fraction of sp³-hybridized carbons (Fsp3) is 0.500. The first-order valence-corrected chi connectivity index (χ1v) is 7.74. The quantitative estimate of drug-likeness (QED) is 0.924. The number of hydrogen-bond acceptors (Lipinski definition) is 3. The van der Waals surface area contributed by atoms with Crippen molar-refractivity contribution in [2.45, 2.75) is 12.8 Å². The van der Waals surface area contributed by atoms with Gasteiger partial charge in [-0.1, -0.05) is 11.6 Å². The molecular formula is C16H18ClNO4. The minimum absolute atomic E-state index is 0.0793. The molecule has 1 heterocycles. The number of aliphatic carboxylic acids is 1. The summed E-state index contributed by atoms with van der Waals surface area (Å²) in [5.74, 6) is -0.439. The Balaban J connectivity index is 1.79. The highest BCUT2D eigenvalue weighted by atomic mass is 35.5. The molecule has 0 radical (unpaired) electrons. The predicted molar refractivity (Wildman–Crippen MR) is 81.2 cm³/mol. The number of carbonyl (C=O) groups is 2. The molecule has 0 spiro atoms. The van der Waals surface area contributed by atoms with E-state index in [0.717, 1.165) is 12.8 Å². The fourth-order valence-corrected chi connectivity index (χ4v) is 3.43. The molecule has 1 saturated heterocycles. The van der Waals surface area contributed by atoms with E-state index in [2.05, 4.69) is 0 Å². The Morgan fingerprint density at radius 2 is 2.05 bits per heavy atom. The molecule has 2 atom stereocenters. The maximum Gasteiger partial charge on any atom is 0.308 e. The number of halogens is 1. The smallest absolute Gasteiger partial charge is 0.308 e. The van der Waals surface area contributed by atoms with Crippen LogP contribution in [0.2, 0.25) is 5.02 Å². The van der Waals surface area contributed by atoms with E-state index >= 15 is 0 Å². The van der Waals surface area contributed by atoms with Crippen LogP contribution in [0.3, 0.4) is 0 Å². The number of likely N-dealkylation sites (tertiary alicyclic amines) is 1. The van der Waals surface area contributed by atoms with Crippen LogP contribution in [0.25, 0.3) is 0 Å². The number of carboxylic acids is 1. The summed E-state index contributed by atoms with van der Waals surface area (Å²) in [5, 5.41) is 9.82. The molecule has 1 N–H and O–H groups in total. The summed E-state index contributed by atoms with van der Waals surface area (Å²) >= 11 is 5.97. The molecule has 1 aliphatic carbocycles. The van der Waals surface area contributed by atoms with Crippen LogP contribution in [0.15, 0.2) is 18.2 Å². The average molecular weight is 324 g/mol. The number of carbonyl (C=O) groups excluding carboxylic acids is 1. The molecule has 22 heavy (non-hydrogen) atoms. The Morgan fingerprint density at radius 3 is 2.64 bits per heavy atom. The average Bonchev–Trinajstić information content (AvgIpc) is 3.25. The molecule has 2 aliphatic rings. The summed E-state index contributed by atoms with van der Waals surface area (Å²) in [6.45, 7) is 0.797. The van der Waals surface area contributed by atoms with Crippen molar-refractivity contribution in [3.63, 3.8) is 0 Å². The van der Waals surface area contributed by atoms with E-state index < -0.39 is 11.9 Å². The molecular weight excluding hydrogens is 306 g/mol. The van der Waals surface area contributed by atoms with E-state index in [-0.39, 0.29) is 18.4 Å². The van der Waals surface area contributed by atoms with Gasteiger partial charge >= 0.3 is 5.97 Å². The van der Waals surface area contributed by atoms with Gasteiger partial charge in [0.2, 0.25) is 0 Å². The van der Waals surface area contributed by atoms with Gasteiger partial charge in [0, 0.05) is 18.7 Å². The van der Waals surface area contributed by atoms with Crippen molar-refractivity contribution in [2.75, 3.05) is 20.2 Å². The van der Waals surface area contributed by atoms with Crippen molar-refractivity contribution in [3.8, 4) is 5.75 Å². The molecule has 5 nitrogen and oxygen atoms in total. The second kappa shape index (κ2) is 5.80. The van der Waals surface area contributed by atoms with Crippen LogP contribution in [-0.4, -0.2) is 42.1 Å². The Labute approximate surface area is 133 Å².